The molecular weight excluding hydrogens is 291 g/mol. The van der Waals surface area contributed by atoms with Crippen LogP contribution in [0.4, 0.5) is 0 Å². The number of ketones is 1. The molecule has 0 spiro atoms. The van der Waals surface area contributed by atoms with Gasteiger partial charge in [-0.1, -0.05) is 0 Å². The average molecular weight is 311 g/mol. The molecular formula is C13H20OSn. The van der Waals surface area contributed by atoms with Gasteiger partial charge in [0.05, 0.1) is 0 Å². The van der Waals surface area contributed by atoms with Crippen LogP contribution in [-0.2, 0) is 4.79 Å². The Morgan fingerprint density at radius 3 is 2.13 bits per heavy atom. The molecule has 0 saturated heterocycles. The molecule has 0 saturated carbocycles. The van der Waals surface area contributed by atoms with Crippen molar-refractivity contribution in [3.05, 3.63) is 35.9 Å². The van der Waals surface area contributed by atoms with Crippen LogP contribution in [0.3, 0.4) is 0 Å². The zero-order valence-corrected chi connectivity index (χ0v) is 12.9. The minimum absolute atomic E-state index is 0.315. The fourth-order valence-electron chi connectivity index (χ4n) is 1.90. The Kier molecular flexibility index (Phi) is 4.38. The molecule has 0 bridgehead atoms. The summed E-state index contributed by atoms with van der Waals surface area (Å²) in [6.07, 6.45) is 0.726. The molecule has 1 nitrogen and oxygen atoms in total. The Labute approximate surface area is 96.8 Å². The molecule has 1 aromatic carbocycles. The second-order valence-electron chi connectivity index (χ2n) is 5.24. The summed E-state index contributed by atoms with van der Waals surface area (Å²) in [4.78, 5) is 18.5. The fourth-order valence-corrected chi connectivity index (χ4v) is 7.87. The van der Waals surface area contributed by atoms with Crippen molar-refractivity contribution < 1.29 is 4.79 Å². The van der Waals surface area contributed by atoms with Crippen molar-refractivity contribution in [2.45, 2.75) is 32.1 Å². The molecule has 0 amide bonds. The SMILES string of the molecule is CC(=O)C[CH](c1ccccc1)[Sn]([CH3])([CH3])[CH3]. The molecule has 0 aliphatic rings. The Bertz CT molecular complexity index is 324. The molecule has 0 heterocycles. The van der Waals surface area contributed by atoms with Crippen LogP contribution in [0, 0.1) is 0 Å². The van der Waals surface area contributed by atoms with Crippen molar-refractivity contribution >= 4 is 24.2 Å². The molecule has 0 radical (unpaired) electrons. The Hall–Kier alpha value is -0.311. The van der Waals surface area contributed by atoms with E-state index in [1.165, 1.54) is 5.56 Å². The third-order valence-corrected chi connectivity index (χ3v) is 10.2. The summed E-state index contributed by atoms with van der Waals surface area (Å²) in [5, 5.41) is 0. The third-order valence-electron chi connectivity index (χ3n) is 2.74. The summed E-state index contributed by atoms with van der Waals surface area (Å²) in [5.41, 5.74) is 1.36. The predicted molar refractivity (Wildman–Crippen MR) is 67.8 cm³/mol. The van der Waals surface area contributed by atoms with E-state index in [1.807, 2.05) is 6.07 Å². The van der Waals surface area contributed by atoms with Gasteiger partial charge in [-0.05, 0) is 0 Å². The van der Waals surface area contributed by atoms with Crippen LogP contribution < -0.4 is 0 Å². The van der Waals surface area contributed by atoms with E-state index >= 15 is 0 Å². The maximum atomic E-state index is 11.3. The number of hydrogen-bond donors (Lipinski definition) is 0. The van der Waals surface area contributed by atoms with Crippen molar-refractivity contribution in [2.24, 2.45) is 0 Å². The first-order chi connectivity index (χ1) is 6.91. The predicted octanol–water partition coefficient (Wildman–Crippen LogP) is 3.63. The summed E-state index contributed by atoms with van der Waals surface area (Å²) in [6, 6.07) is 10.5. The first kappa shape index (κ1) is 12.8. The monoisotopic (exact) mass is 312 g/mol. The number of benzene rings is 1. The second kappa shape index (κ2) is 5.15. The van der Waals surface area contributed by atoms with Gasteiger partial charge < -0.3 is 0 Å². The van der Waals surface area contributed by atoms with Crippen LogP contribution in [0.2, 0.25) is 14.8 Å². The van der Waals surface area contributed by atoms with Gasteiger partial charge in [-0.2, -0.15) is 0 Å². The van der Waals surface area contributed by atoms with Crippen molar-refractivity contribution in [1.82, 2.24) is 0 Å². The molecule has 1 aromatic rings. The third kappa shape index (κ3) is 3.98. The molecule has 0 aliphatic heterocycles. The summed E-state index contributed by atoms with van der Waals surface area (Å²) in [7, 11) is 0. The van der Waals surface area contributed by atoms with Crippen molar-refractivity contribution in [3.8, 4) is 0 Å². The molecule has 0 N–H and O–H groups in total. The number of hydrogen-bond acceptors (Lipinski definition) is 1. The summed E-state index contributed by atoms with van der Waals surface area (Å²) >= 11 is -2.05. The molecule has 15 heavy (non-hydrogen) atoms. The first-order valence-electron chi connectivity index (χ1n) is 5.45. The van der Waals surface area contributed by atoms with E-state index in [0.717, 1.165) is 6.42 Å². The van der Waals surface area contributed by atoms with Crippen LogP contribution in [0.5, 0.6) is 0 Å². The normalized spacial score (nSPS) is 13.6. The van der Waals surface area contributed by atoms with E-state index < -0.39 is 18.4 Å². The van der Waals surface area contributed by atoms with Crippen LogP contribution in [0.1, 0.15) is 22.8 Å². The molecule has 1 rings (SSSR count). The van der Waals surface area contributed by atoms with Crippen LogP contribution in [0.15, 0.2) is 30.3 Å². The second-order valence-corrected chi connectivity index (χ2v) is 20.7. The Morgan fingerprint density at radius 2 is 1.73 bits per heavy atom. The summed E-state index contributed by atoms with van der Waals surface area (Å²) in [5.74, 6) is 0.315. The van der Waals surface area contributed by atoms with Crippen molar-refractivity contribution in [2.75, 3.05) is 0 Å². The maximum absolute atomic E-state index is 11.3. The molecule has 1 unspecified atom stereocenters. The van der Waals surface area contributed by atoms with Crippen molar-refractivity contribution in [3.63, 3.8) is 0 Å². The van der Waals surface area contributed by atoms with Gasteiger partial charge in [0, 0.05) is 0 Å². The molecule has 0 aromatic heterocycles. The minimum atomic E-state index is -2.05. The van der Waals surface area contributed by atoms with E-state index in [-0.39, 0.29) is 0 Å². The number of Topliss-reactive ketones (excluding diaryl/α,β-unsaturated/α-hetero) is 1. The van der Waals surface area contributed by atoms with Gasteiger partial charge in [0.15, 0.2) is 0 Å². The van der Waals surface area contributed by atoms with Crippen LogP contribution >= 0.6 is 0 Å². The zero-order chi connectivity index (χ0) is 11.5. The molecule has 0 aliphatic carbocycles. The molecule has 0 fully saturated rings. The van der Waals surface area contributed by atoms with Crippen LogP contribution in [-0.4, -0.2) is 24.2 Å². The number of rotatable bonds is 4. The van der Waals surface area contributed by atoms with E-state index in [0.29, 0.717) is 9.72 Å². The van der Waals surface area contributed by atoms with Gasteiger partial charge in [0.25, 0.3) is 0 Å². The zero-order valence-electron chi connectivity index (χ0n) is 10.1. The van der Waals surface area contributed by atoms with E-state index in [9.17, 15) is 4.79 Å². The first-order valence-corrected chi connectivity index (χ1v) is 15.7. The summed E-state index contributed by atoms with van der Waals surface area (Å²) in [6.45, 7) is 1.70. The summed E-state index contributed by atoms with van der Waals surface area (Å²) < 4.78 is 0.526. The quantitative estimate of drug-likeness (QED) is 0.776. The standard InChI is InChI=1S/C10H11O.3CH3.Sn/c1-9(11)7-8-10-5-3-2-4-6-10;;;;/h2-6,8H,7H2,1H3;3*1H3;. The van der Waals surface area contributed by atoms with Gasteiger partial charge in [-0.3, -0.25) is 0 Å². The Balaban J connectivity index is 2.97. The average Bonchev–Trinajstić information content (AvgIpc) is 2.14. The van der Waals surface area contributed by atoms with E-state index in [2.05, 4.69) is 39.1 Å². The van der Waals surface area contributed by atoms with Crippen LogP contribution in [0.25, 0.3) is 0 Å². The van der Waals surface area contributed by atoms with E-state index in [1.54, 1.807) is 6.92 Å². The van der Waals surface area contributed by atoms with Gasteiger partial charge in [-0.25, -0.2) is 0 Å². The van der Waals surface area contributed by atoms with Gasteiger partial charge in [0.2, 0.25) is 0 Å². The van der Waals surface area contributed by atoms with E-state index in [4.69, 9.17) is 0 Å². The van der Waals surface area contributed by atoms with Gasteiger partial charge >= 0.3 is 96.9 Å². The molecule has 82 valence electrons. The topological polar surface area (TPSA) is 17.1 Å². The Morgan fingerprint density at radius 1 is 1.20 bits per heavy atom. The molecule has 2 heteroatoms. The number of carbonyl (C=O) groups is 1. The van der Waals surface area contributed by atoms with Gasteiger partial charge in [0.1, 0.15) is 0 Å². The molecule has 1 atom stereocenters. The fraction of sp³-hybridized carbons (Fsp3) is 0.462. The number of carbonyl (C=O) groups excluding carboxylic acids is 1. The van der Waals surface area contributed by atoms with Crippen molar-refractivity contribution in [1.29, 1.82) is 0 Å². The van der Waals surface area contributed by atoms with Gasteiger partial charge in [-0.15, -0.1) is 0 Å².